The van der Waals surface area contributed by atoms with Gasteiger partial charge in [0.2, 0.25) is 5.91 Å². The molecule has 1 amide bonds. The molecule has 0 atom stereocenters. The maximum absolute atomic E-state index is 11.6. The van der Waals surface area contributed by atoms with Crippen molar-refractivity contribution in [3.8, 4) is 0 Å². The van der Waals surface area contributed by atoms with Crippen LogP contribution in [0.5, 0.6) is 0 Å². The quantitative estimate of drug-likeness (QED) is 0.581. The summed E-state index contributed by atoms with van der Waals surface area (Å²) in [5.74, 6) is -0.313. The van der Waals surface area contributed by atoms with Gasteiger partial charge in [-0.2, -0.15) is 0 Å². The smallest absolute Gasteiger partial charge is 0.338 e. The molecule has 20 heavy (non-hydrogen) atoms. The van der Waals surface area contributed by atoms with Gasteiger partial charge in [-0.3, -0.25) is 4.79 Å². The summed E-state index contributed by atoms with van der Waals surface area (Å²) in [5.41, 5.74) is 1.21. The molecular weight excluding hydrogens is 254 g/mol. The van der Waals surface area contributed by atoms with Gasteiger partial charge in [0.1, 0.15) is 0 Å². The van der Waals surface area contributed by atoms with Crippen LogP contribution in [0.25, 0.3) is 0 Å². The Morgan fingerprint density at radius 1 is 1.05 bits per heavy atom. The lowest BCUT2D eigenvalue weighted by atomic mass is 10.2. The summed E-state index contributed by atoms with van der Waals surface area (Å²) < 4.78 is 5.04. The Morgan fingerprint density at radius 2 is 1.75 bits per heavy atom. The van der Waals surface area contributed by atoms with Gasteiger partial charge in [-0.25, -0.2) is 4.79 Å². The molecule has 4 nitrogen and oxygen atoms in total. The predicted octanol–water partition coefficient (Wildman–Crippen LogP) is 3.77. The Balaban J connectivity index is 2.45. The number of ether oxygens (including phenoxy) is 1. The highest BCUT2D eigenvalue weighted by Crippen LogP contribution is 2.12. The Labute approximate surface area is 120 Å². The molecule has 0 aliphatic rings. The standard InChI is InChI=1S/C16H23NO3/c1-3-5-6-7-15(18)17-14-10-8-13(9-11-14)16(19)20-12-4-2/h8-11H,3-7,12H2,1-2H3,(H,17,18). The van der Waals surface area contributed by atoms with Gasteiger partial charge in [-0.05, 0) is 37.1 Å². The first-order chi connectivity index (χ1) is 9.67. The number of rotatable bonds is 8. The van der Waals surface area contributed by atoms with Gasteiger partial charge in [0.05, 0.1) is 12.2 Å². The highest BCUT2D eigenvalue weighted by molar-refractivity contribution is 5.93. The van der Waals surface area contributed by atoms with E-state index in [1.165, 1.54) is 0 Å². The monoisotopic (exact) mass is 277 g/mol. The van der Waals surface area contributed by atoms with Gasteiger partial charge >= 0.3 is 5.97 Å². The van der Waals surface area contributed by atoms with Crippen LogP contribution in [0, 0.1) is 0 Å². The number of amides is 1. The normalized spacial score (nSPS) is 10.1. The molecule has 0 spiro atoms. The topological polar surface area (TPSA) is 55.4 Å². The van der Waals surface area contributed by atoms with Crippen LogP contribution >= 0.6 is 0 Å². The molecule has 0 bridgehead atoms. The van der Waals surface area contributed by atoms with Crippen molar-refractivity contribution in [3.05, 3.63) is 29.8 Å². The number of unbranched alkanes of at least 4 members (excludes halogenated alkanes) is 2. The first kappa shape index (κ1) is 16.2. The molecule has 1 aromatic rings. The predicted molar refractivity (Wildman–Crippen MR) is 79.8 cm³/mol. The van der Waals surface area contributed by atoms with Gasteiger partial charge in [-0.15, -0.1) is 0 Å². The van der Waals surface area contributed by atoms with Crippen molar-refractivity contribution in [3.63, 3.8) is 0 Å². The van der Waals surface area contributed by atoms with Crippen LogP contribution in [0.4, 0.5) is 5.69 Å². The molecule has 0 aliphatic carbocycles. The maximum atomic E-state index is 11.6. The number of carbonyl (C=O) groups is 2. The van der Waals surface area contributed by atoms with Gasteiger partial charge in [-0.1, -0.05) is 26.7 Å². The Hall–Kier alpha value is -1.84. The number of nitrogens with one attached hydrogen (secondary N) is 1. The lowest BCUT2D eigenvalue weighted by Crippen LogP contribution is -2.11. The van der Waals surface area contributed by atoms with E-state index in [2.05, 4.69) is 12.2 Å². The molecule has 1 aromatic carbocycles. The van der Waals surface area contributed by atoms with E-state index in [0.717, 1.165) is 25.7 Å². The second kappa shape index (κ2) is 9.13. The number of anilines is 1. The minimum atomic E-state index is -0.326. The van der Waals surface area contributed by atoms with Crippen LogP contribution in [0.15, 0.2) is 24.3 Å². The summed E-state index contributed by atoms with van der Waals surface area (Å²) in [6.45, 7) is 4.48. The summed E-state index contributed by atoms with van der Waals surface area (Å²) in [7, 11) is 0. The zero-order valence-corrected chi connectivity index (χ0v) is 12.3. The van der Waals surface area contributed by atoms with Crippen LogP contribution in [0.1, 0.15) is 56.3 Å². The molecule has 0 saturated heterocycles. The molecule has 0 saturated carbocycles. The Morgan fingerprint density at radius 3 is 2.35 bits per heavy atom. The van der Waals surface area contributed by atoms with Gasteiger partial charge in [0.25, 0.3) is 0 Å². The minimum absolute atomic E-state index is 0.0137. The lowest BCUT2D eigenvalue weighted by molar-refractivity contribution is -0.116. The maximum Gasteiger partial charge on any atom is 0.338 e. The van der Waals surface area contributed by atoms with Crippen LogP contribution in [-0.4, -0.2) is 18.5 Å². The molecule has 1 rings (SSSR count). The zero-order valence-electron chi connectivity index (χ0n) is 12.3. The summed E-state index contributed by atoms with van der Waals surface area (Å²) in [6, 6.07) is 6.78. The Bertz CT molecular complexity index is 426. The van der Waals surface area contributed by atoms with E-state index >= 15 is 0 Å². The van der Waals surface area contributed by atoms with Crippen LogP contribution < -0.4 is 5.32 Å². The first-order valence-electron chi connectivity index (χ1n) is 7.24. The molecular formula is C16H23NO3. The number of hydrogen-bond acceptors (Lipinski definition) is 3. The average molecular weight is 277 g/mol. The van der Waals surface area contributed by atoms with Crippen molar-refractivity contribution in [1.82, 2.24) is 0 Å². The Kier molecular flexibility index (Phi) is 7.40. The van der Waals surface area contributed by atoms with Crippen molar-refractivity contribution in [2.75, 3.05) is 11.9 Å². The van der Waals surface area contributed by atoms with E-state index < -0.39 is 0 Å². The van der Waals surface area contributed by atoms with Gasteiger partial charge in [0.15, 0.2) is 0 Å². The second-order valence-electron chi connectivity index (χ2n) is 4.72. The third-order valence-electron chi connectivity index (χ3n) is 2.85. The SMILES string of the molecule is CCCCCC(=O)Nc1ccc(C(=O)OCCC)cc1. The molecule has 0 fully saturated rings. The van der Waals surface area contributed by atoms with Crippen molar-refractivity contribution < 1.29 is 14.3 Å². The number of esters is 1. The molecule has 0 aliphatic heterocycles. The van der Waals surface area contributed by atoms with E-state index in [0.29, 0.717) is 24.3 Å². The minimum Gasteiger partial charge on any atom is -0.462 e. The molecule has 4 heteroatoms. The van der Waals surface area contributed by atoms with Crippen molar-refractivity contribution in [1.29, 1.82) is 0 Å². The fraction of sp³-hybridized carbons (Fsp3) is 0.500. The van der Waals surface area contributed by atoms with E-state index in [4.69, 9.17) is 4.74 Å². The van der Waals surface area contributed by atoms with Gasteiger partial charge < -0.3 is 10.1 Å². The zero-order chi connectivity index (χ0) is 14.8. The third-order valence-corrected chi connectivity index (χ3v) is 2.85. The average Bonchev–Trinajstić information content (AvgIpc) is 2.46. The second-order valence-corrected chi connectivity index (χ2v) is 4.72. The molecule has 110 valence electrons. The molecule has 0 radical (unpaired) electrons. The number of benzene rings is 1. The lowest BCUT2D eigenvalue weighted by Gasteiger charge is -2.06. The summed E-state index contributed by atoms with van der Waals surface area (Å²) >= 11 is 0. The number of carbonyl (C=O) groups excluding carboxylic acids is 2. The van der Waals surface area contributed by atoms with Crippen molar-refractivity contribution >= 4 is 17.6 Å². The van der Waals surface area contributed by atoms with E-state index in [9.17, 15) is 9.59 Å². The highest BCUT2D eigenvalue weighted by atomic mass is 16.5. The summed E-state index contributed by atoms with van der Waals surface area (Å²) in [6.07, 6.45) is 4.41. The number of hydrogen-bond donors (Lipinski definition) is 1. The fourth-order valence-electron chi connectivity index (χ4n) is 1.73. The molecule has 0 unspecified atom stereocenters. The fourth-order valence-corrected chi connectivity index (χ4v) is 1.73. The third kappa shape index (κ3) is 5.87. The molecule has 0 aromatic heterocycles. The largest absolute Gasteiger partial charge is 0.462 e. The van der Waals surface area contributed by atoms with Crippen molar-refractivity contribution in [2.45, 2.75) is 46.0 Å². The highest BCUT2D eigenvalue weighted by Gasteiger charge is 2.07. The van der Waals surface area contributed by atoms with E-state index in [1.54, 1.807) is 24.3 Å². The first-order valence-corrected chi connectivity index (χ1v) is 7.24. The van der Waals surface area contributed by atoms with Crippen LogP contribution in [0.3, 0.4) is 0 Å². The van der Waals surface area contributed by atoms with E-state index in [1.807, 2.05) is 6.92 Å². The van der Waals surface area contributed by atoms with Gasteiger partial charge in [0, 0.05) is 12.1 Å². The van der Waals surface area contributed by atoms with Crippen LogP contribution in [0.2, 0.25) is 0 Å². The van der Waals surface area contributed by atoms with E-state index in [-0.39, 0.29) is 11.9 Å². The molecule has 0 heterocycles. The summed E-state index contributed by atoms with van der Waals surface area (Å²) in [4.78, 5) is 23.2. The summed E-state index contributed by atoms with van der Waals surface area (Å²) in [5, 5.41) is 2.82. The van der Waals surface area contributed by atoms with Crippen LogP contribution in [-0.2, 0) is 9.53 Å². The molecule has 1 N–H and O–H groups in total. The van der Waals surface area contributed by atoms with Crippen molar-refractivity contribution in [2.24, 2.45) is 0 Å².